The van der Waals surface area contributed by atoms with Gasteiger partial charge in [-0.15, -0.1) is 0 Å². The van der Waals surface area contributed by atoms with Crippen molar-refractivity contribution in [2.24, 2.45) is 10.8 Å². The maximum Gasteiger partial charge on any atom is 0.119 e. The van der Waals surface area contributed by atoms with Crippen molar-refractivity contribution in [3.05, 3.63) is 29.8 Å². The summed E-state index contributed by atoms with van der Waals surface area (Å²) >= 11 is 0. The Kier molecular flexibility index (Phi) is 4.08. The van der Waals surface area contributed by atoms with E-state index in [-0.39, 0.29) is 6.61 Å². The molecule has 1 aliphatic rings. The van der Waals surface area contributed by atoms with Gasteiger partial charge in [-0.2, -0.15) is 0 Å². The molecule has 0 aromatic heterocycles. The van der Waals surface area contributed by atoms with Crippen molar-refractivity contribution in [1.82, 2.24) is 0 Å². The van der Waals surface area contributed by atoms with E-state index in [2.05, 4.69) is 0 Å². The molecule has 4 nitrogen and oxygen atoms in total. The number of aliphatic hydroxyl groups excluding tert-OH is 1. The van der Waals surface area contributed by atoms with Crippen molar-refractivity contribution in [2.45, 2.75) is 39.4 Å². The van der Waals surface area contributed by atoms with Gasteiger partial charge in [0.05, 0.1) is 20.3 Å². The van der Waals surface area contributed by atoms with Crippen LogP contribution in [0.25, 0.3) is 0 Å². The van der Waals surface area contributed by atoms with Crippen LogP contribution in [0, 0.1) is 10.8 Å². The van der Waals surface area contributed by atoms with E-state index in [1.807, 2.05) is 52.0 Å². The Labute approximate surface area is 126 Å². The maximum atomic E-state index is 11.5. The molecule has 118 valence electrons. The summed E-state index contributed by atoms with van der Waals surface area (Å²) in [5.74, 6) is 0.727. The molecule has 1 aliphatic heterocycles. The largest absolute Gasteiger partial charge is 0.497 e. The van der Waals surface area contributed by atoms with Gasteiger partial charge in [0.1, 0.15) is 17.5 Å². The first-order valence-corrected chi connectivity index (χ1v) is 7.28. The van der Waals surface area contributed by atoms with Crippen LogP contribution in [0.2, 0.25) is 0 Å². The van der Waals surface area contributed by atoms with Crippen LogP contribution in [0.15, 0.2) is 24.3 Å². The molecule has 1 saturated heterocycles. The third-order valence-electron chi connectivity index (χ3n) is 4.85. The van der Waals surface area contributed by atoms with E-state index in [4.69, 9.17) is 9.47 Å². The molecular formula is C17H26O4. The van der Waals surface area contributed by atoms with E-state index in [1.54, 1.807) is 7.11 Å². The minimum atomic E-state index is -1.18. The molecule has 0 spiro atoms. The fourth-order valence-electron chi connectivity index (χ4n) is 3.41. The number of hydrogen-bond donors (Lipinski definition) is 2. The van der Waals surface area contributed by atoms with Crippen LogP contribution >= 0.6 is 0 Å². The molecule has 1 aromatic carbocycles. The van der Waals surface area contributed by atoms with Crippen molar-refractivity contribution >= 4 is 0 Å². The van der Waals surface area contributed by atoms with Crippen LogP contribution in [0.1, 0.15) is 39.4 Å². The van der Waals surface area contributed by atoms with Gasteiger partial charge in [0, 0.05) is 10.8 Å². The lowest BCUT2D eigenvalue weighted by molar-refractivity contribution is -0.170. The predicted octanol–water partition coefficient (Wildman–Crippen LogP) is 2.54. The lowest BCUT2D eigenvalue weighted by Gasteiger charge is -2.49. The number of benzene rings is 1. The van der Waals surface area contributed by atoms with Crippen LogP contribution in [0.5, 0.6) is 5.75 Å². The molecular weight excluding hydrogens is 268 g/mol. The molecule has 21 heavy (non-hydrogen) atoms. The summed E-state index contributed by atoms with van der Waals surface area (Å²) in [6, 6.07) is 7.55. The van der Waals surface area contributed by atoms with Crippen molar-refractivity contribution in [3.63, 3.8) is 0 Å². The molecule has 1 aromatic rings. The zero-order valence-electron chi connectivity index (χ0n) is 13.5. The van der Waals surface area contributed by atoms with Crippen LogP contribution in [-0.2, 0) is 4.74 Å². The Balaban J connectivity index is 2.52. The van der Waals surface area contributed by atoms with E-state index in [1.165, 1.54) is 0 Å². The van der Waals surface area contributed by atoms with Gasteiger partial charge < -0.3 is 19.7 Å². The van der Waals surface area contributed by atoms with E-state index >= 15 is 0 Å². The Morgan fingerprint density at radius 2 is 2.05 bits per heavy atom. The summed E-state index contributed by atoms with van der Waals surface area (Å²) in [6.45, 7) is 8.02. The number of rotatable bonds is 4. The highest BCUT2D eigenvalue weighted by atomic mass is 16.5. The Bertz CT molecular complexity index is 509. The fraction of sp³-hybridized carbons (Fsp3) is 0.647. The third-order valence-corrected chi connectivity index (χ3v) is 4.85. The molecule has 2 rings (SSSR count). The first-order chi connectivity index (χ1) is 9.69. The quantitative estimate of drug-likeness (QED) is 0.896. The van der Waals surface area contributed by atoms with E-state index in [0.717, 1.165) is 11.3 Å². The van der Waals surface area contributed by atoms with Gasteiger partial charge in [-0.3, -0.25) is 0 Å². The molecule has 2 N–H and O–H groups in total. The summed E-state index contributed by atoms with van der Waals surface area (Å²) in [5.41, 5.74) is -1.47. The van der Waals surface area contributed by atoms with Crippen LogP contribution in [0.3, 0.4) is 0 Å². The molecule has 0 unspecified atom stereocenters. The topological polar surface area (TPSA) is 58.9 Å². The van der Waals surface area contributed by atoms with Crippen molar-refractivity contribution < 1.29 is 19.7 Å². The summed E-state index contributed by atoms with van der Waals surface area (Å²) in [7, 11) is 1.61. The number of aliphatic hydroxyl groups is 2. The average Bonchev–Trinajstić information content (AvgIpc) is 2.71. The smallest absolute Gasteiger partial charge is 0.119 e. The van der Waals surface area contributed by atoms with Gasteiger partial charge in [-0.05, 0) is 17.7 Å². The van der Waals surface area contributed by atoms with Gasteiger partial charge in [0.15, 0.2) is 0 Å². The summed E-state index contributed by atoms with van der Waals surface area (Å²) in [4.78, 5) is 0. The second kappa shape index (κ2) is 5.27. The molecule has 0 bridgehead atoms. The summed E-state index contributed by atoms with van der Waals surface area (Å²) in [5, 5.41) is 21.3. The number of hydrogen-bond acceptors (Lipinski definition) is 4. The molecule has 0 saturated carbocycles. The third kappa shape index (κ3) is 2.35. The zero-order chi connectivity index (χ0) is 15.9. The lowest BCUT2D eigenvalue weighted by Crippen LogP contribution is -2.57. The van der Waals surface area contributed by atoms with Gasteiger partial charge >= 0.3 is 0 Å². The Morgan fingerprint density at radius 3 is 2.62 bits per heavy atom. The van der Waals surface area contributed by atoms with Crippen molar-refractivity contribution in [3.8, 4) is 5.75 Å². The van der Waals surface area contributed by atoms with E-state index < -0.39 is 22.5 Å². The highest BCUT2D eigenvalue weighted by Crippen LogP contribution is 2.57. The minimum Gasteiger partial charge on any atom is -0.497 e. The summed E-state index contributed by atoms with van der Waals surface area (Å²) < 4.78 is 11.2. The van der Waals surface area contributed by atoms with Gasteiger partial charge in [-0.1, -0.05) is 39.8 Å². The normalized spacial score (nSPS) is 28.6. The SMILES string of the molecule is COc1cccc([C@@H]2OCC(C)(C)[C@]2(O)C(C)(C)CO)c1. The van der Waals surface area contributed by atoms with Crippen LogP contribution < -0.4 is 4.74 Å². The second-order valence-corrected chi connectivity index (χ2v) is 7.16. The molecule has 2 atom stereocenters. The van der Waals surface area contributed by atoms with Gasteiger partial charge in [0.2, 0.25) is 0 Å². The van der Waals surface area contributed by atoms with Crippen LogP contribution in [0.4, 0.5) is 0 Å². The van der Waals surface area contributed by atoms with E-state index in [9.17, 15) is 10.2 Å². The highest BCUT2D eigenvalue weighted by Gasteiger charge is 2.63. The molecule has 0 amide bonds. The highest BCUT2D eigenvalue weighted by molar-refractivity contribution is 5.33. The molecule has 1 heterocycles. The molecule has 1 fully saturated rings. The first kappa shape index (κ1) is 16.3. The predicted molar refractivity (Wildman–Crippen MR) is 81.3 cm³/mol. The Hall–Kier alpha value is -1.10. The number of methoxy groups -OCH3 is 1. The second-order valence-electron chi connectivity index (χ2n) is 7.16. The van der Waals surface area contributed by atoms with E-state index in [0.29, 0.717) is 6.61 Å². The first-order valence-electron chi connectivity index (χ1n) is 7.28. The average molecular weight is 294 g/mol. The van der Waals surface area contributed by atoms with Crippen molar-refractivity contribution in [1.29, 1.82) is 0 Å². The van der Waals surface area contributed by atoms with Crippen molar-refractivity contribution in [2.75, 3.05) is 20.3 Å². The number of ether oxygens (including phenoxy) is 2. The molecule has 0 radical (unpaired) electrons. The lowest BCUT2D eigenvalue weighted by atomic mass is 9.59. The molecule has 4 heteroatoms. The van der Waals surface area contributed by atoms with Gasteiger partial charge in [-0.25, -0.2) is 0 Å². The van der Waals surface area contributed by atoms with Gasteiger partial charge in [0.25, 0.3) is 0 Å². The fourth-order valence-corrected chi connectivity index (χ4v) is 3.41. The molecule has 0 aliphatic carbocycles. The summed E-state index contributed by atoms with van der Waals surface area (Å²) in [6.07, 6.45) is -0.496. The van der Waals surface area contributed by atoms with Crippen LogP contribution in [-0.4, -0.2) is 36.1 Å². The standard InChI is InChI=1S/C17H26O4/c1-15(2,10-18)17(19)14(21-11-16(17,3)4)12-7-6-8-13(9-12)20-5/h6-9,14,18-19H,10-11H2,1-5H3/t14-,17+/m0/s1. The maximum absolute atomic E-state index is 11.5. The minimum absolute atomic E-state index is 0.114. The zero-order valence-corrected chi connectivity index (χ0v) is 13.5. The monoisotopic (exact) mass is 294 g/mol. The Morgan fingerprint density at radius 1 is 1.38 bits per heavy atom.